The Kier molecular flexibility index (Phi) is 3.64. The van der Waals surface area contributed by atoms with Gasteiger partial charge in [0.2, 0.25) is 5.91 Å². The first-order chi connectivity index (χ1) is 12.1. The number of esters is 1. The molecule has 5 nitrogen and oxygen atoms in total. The van der Waals surface area contributed by atoms with Gasteiger partial charge in [0.15, 0.2) is 0 Å². The van der Waals surface area contributed by atoms with Crippen molar-refractivity contribution >= 4 is 29.0 Å². The van der Waals surface area contributed by atoms with Crippen LogP contribution in [-0.4, -0.2) is 30.7 Å². The van der Waals surface area contributed by atoms with Crippen molar-refractivity contribution in [1.82, 2.24) is 0 Å². The number of anilines is 1. The van der Waals surface area contributed by atoms with E-state index < -0.39 is 0 Å². The lowest BCUT2D eigenvalue weighted by Gasteiger charge is -2.24. The molecule has 2 aliphatic heterocycles. The smallest absolute Gasteiger partial charge is 0.337 e. The van der Waals surface area contributed by atoms with Crippen LogP contribution in [0, 0.1) is 0 Å². The third kappa shape index (κ3) is 2.52. The van der Waals surface area contributed by atoms with Crippen molar-refractivity contribution in [1.29, 1.82) is 0 Å². The summed E-state index contributed by atoms with van der Waals surface area (Å²) in [6.07, 6.45) is 1.46. The molecule has 0 aromatic heterocycles. The number of hydrogen-bond acceptors (Lipinski definition) is 4. The molecule has 0 aliphatic carbocycles. The van der Waals surface area contributed by atoms with Crippen LogP contribution in [0.3, 0.4) is 0 Å². The van der Waals surface area contributed by atoms with Gasteiger partial charge in [-0.3, -0.25) is 9.79 Å². The number of rotatable bonds is 2. The molecule has 126 valence electrons. The summed E-state index contributed by atoms with van der Waals surface area (Å²) in [6.45, 7) is 1.59. The Morgan fingerprint density at radius 1 is 1.16 bits per heavy atom. The van der Waals surface area contributed by atoms with E-state index >= 15 is 0 Å². The van der Waals surface area contributed by atoms with Crippen LogP contribution in [0.2, 0.25) is 0 Å². The van der Waals surface area contributed by atoms with Gasteiger partial charge >= 0.3 is 5.97 Å². The summed E-state index contributed by atoms with van der Waals surface area (Å²) in [5, 5.41) is 0. The van der Waals surface area contributed by atoms with Crippen LogP contribution in [0.1, 0.15) is 28.4 Å². The van der Waals surface area contributed by atoms with Gasteiger partial charge in [0.25, 0.3) is 0 Å². The number of carbonyl (C=O) groups excluding carboxylic acids is 2. The number of fused-ring (bicyclic) bond motifs is 2. The SMILES string of the molecule is COC(=O)c1ccc2c(c1)N=C(C1Cc3ccccc3N1C(C)=O)C2. The lowest BCUT2D eigenvalue weighted by atomic mass is 10.0. The third-order valence-electron chi connectivity index (χ3n) is 4.84. The highest BCUT2D eigenvalue weighted by Crippen LogP contribution is 2.37. The molecule has 0 saturated heterocycles. The minimum Gasteiger partial charge on any atom is -0.465 e. The zero-order valence-electron chi connectivity index (χ0n) is 14.2. The molecule has 0 fully saturated rings. The largest absolute Gasteiger partial charge is 0.465 e. The molecule has 1 amide bonds. The summed E-state index contributed by atoms with van der Waals surface area (Å²) < 4.78 is 4.77. The first-order valence-corrected chi connectivity index (χ1v) is 8.25. The number of benzene rings is 2. The number of aliphatic imine (C=N–C) groups is 1. The van der Waals surface area contributed by atoms with Gasteiger partial charge in [-0.1, -0.05) is 24.3 Å². The van der Waals surface area contributed by atoms with Gasteiger partial charge < -0.3 is 9.64 Å². The molecule has 2 heterocycles. The molecule has 1 unspecified atom stereocenters. The van der Waals surface area contributed by atoms with Crippen molar-refractivity contribution in [3.63, 3.8) is 0 Å². The Balaban J connectivity index is 1.69. The standard InChI is InChI=1S/C20H18N2O3/c1-12(23)22-18-6-4-3-5-14(18)11-19(22)17-9-13-7-8-15(20(24)25-2)10-16(13)21-17/h3-8,10,19H,9,11H2,1-2H3. The zero-order valence-corrected chi connectivity index (χ0v) is 14.2. The Hall–Kier alpha value is -2.95. The molecular formula is C20H18N2O3. The van der Waals surface area contributed by atoms with Crippen molar-refractivity contribution in [2.45, 2.75) is 25.8 Å². The Labute approximate surface area is 145 Å². The number of carbonyl (C=O) groups is 2. The average molecular weight is 334 g/mol. The van der Waals surface area contributed by atoms with Crippen molar-refractivity contribution < 1.29 is 14.3 Å². The Bertz CT molecular complexity index is 917. The number of methoxy groups -OCH3 is 1. The van der Waals surface area contributed by atoms with Crippen molar-refractivity contribution in [2.24, 2.45) is 4.99 Å². The normalized spacial score (nSPS) is 17.8. The van der Waals surface area contributed by atoms with E-state index in [9.17, 15) is 9.59 Å². The zero-order chi connectivity index (χ0) is 17.6. The fraction of sp³-hybridized carbons (Fsp3) is 0.250. The maximum absolute atomic E-state index is 12.2. The summed E-state index contributed by atoms with van der Waals surface area (Å²) in [5.41, 5.74) is 5.44. The quantitative estimate of drug-likeness (QED) is 0.793. The minimum absolute atomic E-state index is 0.0175. The van der Waals surface area contributed by atoms with E-state index in [0.717, 1.165) is 34.6 Å². The fourth-order valence-corrected chi connectivity index (χ4v) is 3.69. The van der Waals surface area contributed by atoms with Gasteiger partial charge in [-0.25, -0.2) is 4.79 Å². The highest BCUT2D eigenvalue weighted by molar-refractivity contribution is 6.08. The summed E-state index contributed by atoms with van der Waals surface area (Å²) in [4.78, 5) is 30.5. The molecule has 2 aromatic rings. The number of amides is 1. The van der Waals surface area contributed by atoms with Gasteiger partial charge in [0.05, 0.1) is 24.4 Å². The lowest BCUT2D eigenvalue weighted by Crippen LogP contribution is -2.41. The van der Waals surface area contributed by atoms with E-state index in [-0.39, 0.29) is 17.9 Å². The summed E-state index contributed by atoms with van der Waals surface area (Å²) in [7, 11) is 1.37. The molecule has 0 radical (unpaired) electrons. The molecule has 4 rings (SSSR count). The van der Waals surface area contributed by atoms with Crippen LogP contribution in [-0.2, 0) is 22.4 Å². The maximum Gasteiger partial charge on any atom is 0.337 e. The molecular weight excluding hydrogens is 316 g/mol. The number of nitrogens with zero attached hydrogens (tertiary/aromatic N) is 2. The molecule has 0 spiro atoms. The highest BCUT2D eigenvalue weighted by atomic mass is 16.5. The molecule has 0 N–H and O–H groups in total. The van der Waals surface area contributed by atoms with Gasteiger partial charge in [-0.15, -0.1) is 0 Å². The highest BCUT2D eigenvalue weighted by Gasteiger charge is 2.36. The number of ether oxygens (including phenoxy) is 1. The molecule has 2 aliphatic rings. The molecule has 5 heteroatoms. The summed E-state index contributed by atoms with van der Waals surface area (Å²) >= 11 is 0. The fourth-order valence-electron chi connectivity index (χ4n) is 3.69. The summed E-state index contributed by atoms with van der Waals surface area (Å²) in [6, 6.07) is 13.3. The Morgan fingerprint density at radius 3 is 2.72 bits per heavy atom. The number of para-hydroxylation sites is 1. The molecule has 0 saturated carbocycles. The van der Waals surface area contributed by atoms with Crippen LogP contribution in [0.25, 0.3) is 0 Å². The second-order valence-electron chi connectivity index (χ2n) is 6.35. The lowest BCUT2D eigenvalue weighted by molar-refractivity contribution is -0.116. The van der Waals surface area contributed by atoms with E-state index in [0.29, 0.717) is 12.0 Å². The summed E-state index contributed by atoms with van der Waals surface area (Å²) in [5.74, 6) is -0.353. The predicted molar refractivity (Wildman–Crippen MR) is 95.7 cm³/mol. The predicted octanol–water partition coefficient (Wildman–Crippen LogP) is 3.08. The van der Waals surface area contributed by atoms with E-state index in [1.54, 1.807) is 19.1 Å². The van der Waals surface area contributed by atoms with E-state index in [1.165, 1.54) is 7.11 Å². The van der Waals surface area contributed by atoms with Crippen LogP contribution in [0.15, 0.2) is 47.5 Å². The first kappa shape index (κ1) is 15.6. The van der Waals surface area contributed by atoms with Crippen LogP contribution in [0.4, 0.5) is 11.4 Å². The van der Waals surface area contributed by atoms with E-state index in [2.05, 4.69) is 6.07 Å². The van der Waals surface area contributed by atoms with Crippen molar-refractivity contribution in [3.8, 4) is 0 Å². The van der Waals surface area contributed by atoms with Gasteiger partial charge in [0.1, 0.15) is 0 Å². The Morgan fingerprint density at radius 2 is 1.96 bits per heavy atom. The minimum atomic E-state index is -0.370. The van der Waals surface area contributed by atoms with Gasteiger partial charge in [-0.05, 0) is 29.3 Å². The average Bonchev–Trinajstić information content (AvgIpc) is 3.21. The van der Waals surface area contributed by atoms with Crippen LogP contribution in [0.5, 0.6) is 0 Å². The maximum atomic E-state index is 12.2. The second-order valence-corrected chi connectivity index (χ2v) is 6.35. The van der Waals surface area contributed by atoms with Crippen LogP contribution < -0.4 is 4.90 Å². The van der Waals surface area contributed by atoms with E-state index in [4.69, 9.17) is 9.73 Å². The van der Waals surface area contributed by atoms with Crippen molar-refractivity contribution in [3.05, 3.63) is 59.2 Å². The van der Waals surface area contributed by atoms with Crippen molar-refractivity contribution in [2.75, 3.05) is 12.0 Å². The molecule has 0 bridgehead atoms. The van der Waals surface area contributed by atoms with E-state index in [1.807, 2.05) is 29.2 Å². The molecule has 1 atom stereocenters. The van der Waals surface area contributed by atoms with Gasteiger partial charge in [0, 0.05) is 31.2 Å². The van der Waals surface area contributed by atoms with Crippen LogP contribution >= 0.6 is 0 Å². The second kappa shape index (κ2) is 5.84. The number of hydrogen-bond donors (Lipinski definition) is 0. The topological polar surface area (TPSA) is 59.0 Å². The third-order valence-corrected chi connectivity index (χ3v) is 4.84. The first-order valence-electron chi connectivity index (χ1n) is 8.25. The molecule has 2 aromatic carbocycles. The molecule has 25 heavy (non-hydrogen) atoms. The monoisotopic (exact) mass is 334 g/mol. The van der Waals surface area contributed by atoms with Gasteiger partial charge in [-0.2, -0.15) is 0 Å².